The summed E-state index contributed by atoms with van der Waals surface area (Å²) >= 11 is 4.24. The van der Waals surface area contributed by atoms with Crippen LogP contribution in [0.3, 0.4) is 0 Å². The largest absolute Gasteiger partial charge is 0.456 e. The second-order valence-electron chi connectivity index (χ2n) is 4.28. The first-order valence-electron chi connectivity index (χ1n) is 5.76. The lowest BCUT2D eigenvalue weighted by molar-refractivity contribution is 0.619. The second-order valence-corrected chi connectivity index (χ2v) is 5.46. The van der Waals surface area contributed by atoms with Crippen LogP contribution >= 0.6 is 21.9 Å². The van der Waals surface area contributed by atoms with E-state index in [9.17, 15) is 4.79 Å². The van der Waals surface area contributed by atoms with Gasteiger partial charge in [0.05, 0.1) is 5.39 Å². The molecule has 0 saturated heterocycles. The molecule has 0 saturated carbocycles. The SMILES string of the molecule is O=c1cc(-c2ccc(S)cc2)oc2ccc(P)cc12. The van der Waals surface area contributed by atoms with Gasteiger partial charge in [0.15, 0.2) is 5.43 Å². The first kappa shape index (κ1) is 12.5. The number of hydrogen-bond acceptors (Lipinski definition) is 3. The van der Waals surface area contributed by atoms with Gasteiger partial charge in [-0.3, -0.25) is 4.79 Å². The van der Waals surface area contributed by atoms with Crippen molar-refractivity contribution < 1.29 is 4.42 Å². The van der Waals surface area contributed by atoms with Gasteiger partial charge in [-0.2, -0.15) is 0 Å². The predicted molar refractivity (Wildman–Crippen MR) is 84.5 cm³/mol. The van der Waals surface area contributed by atoms with Crippen LogP contribution in [0.15, 0.2) is 62.6 Å². The molecule has 0 amide bonds. The Labute approximate surface area is 118 Å². The Morgan fingerprint density at radius 1 is 1.00 bits per heavy atom. The van der Waals surface area contributed by atoms with E-state index >= 15 is 0 Å². The maximum atomic E-state index is 12.1. The van der Waals surface area contributed by atoms with E-state index in [0.717, 1.165) is 15.8 Å². The Morgan fingerprint density at radius 3 is 2.47 bits per heavy atom. The Bertz CT molecular complexity index is 806. The molecule has 3 rings (SSSR count). The standard InChI is InChI=1S/C15H11O2PS/c16-13-8-15(9-1-4-11(19)5-2-9)17-14-6-3-10(18)7-12(13)14/h1-8,19H,18H2. The van der Waals surface area contributed by atoms with Crippen molar-refractivity contribution in [2.45, 2.75) is 4.90 Å². The Kier molecular flexibility index (Phi) is 3.17. The minimum Gasteiger partial charge on any atom is -0.456 e. The van der Waals surface area contributed by atoms with Crippen LogP contribution in [0.5, 0.6) is 0 Å². The van der Waals surface area contributed by atoms with Gasteiger partial charge in [0, 0.05) is 16.5 Å². The minimum atomic E-state index is -0.0319. The van der Waals surface area contributed by atoms with Crippen LogP contribution in [-0.2, 0) is 0 Å². The van der Waals surface area contributed by atoms with E-state index in [1.54, 1.807) is 0 Å². The first-order chi connectivity index (χ1) is 9.13. The van der Waals surface area contributed by atoms with E-state index in [1.807, 2.05) is 42.5 Å². The fourth-order valence-electron chi connectivity index (χ4n) is 1.94. The fraction of sp³-hybridized carbons (Fsp3) is 0. The summed E-state index contributed by atoms with van der Waals surface area (Å²) in [6, 6.07) is 14.6. The molecule has 0 N–H and O–H groups in total. The van der Waals surface area contributed by atoms with Crippen molar-refractivity contribution in [3.05, 3.63) is 58.8 Å². The molecule has 0 spiro atoms. The number of thiol groups is 1. The lowest BCUT2D eigenvalue weighted by Gasteiger charge is -2.04. The molecular formula is C15H11O2PS. The summed E-state index contributed by atoms with van der Waals surface area (Å²) in [4.78, 5) is 13.0. The van der Waals surface area contributed by atoms with Crippen molar-refractivity contribution in [1.29, 1.82) is 0 Å². The zero-order valence-electron chi connectivity index (χ0n) is 9.96. The van der Waals surface area contributed by atoms with Crippen molar-refractivity contribution in [2.75, 3.05) is 0 Å². The predicted octanol–water partition coefficient (Wildman–Crippen LogP) is 3.25. The van der Waals surface area contributed by atoms with Gasteiger partial charge in [0.1, 0.15) is 11.3 Å². The average Bonchev–Trinajstić information content (AvgIpc) is 2.40. The van der Waals surface area contributed by atoms with E-state index < -0.39 is 0 Å². The molecule has 0 radical (unpaired) electrons. The smallest absolute Gasteiger partial charge is 0.193 e. The Balaban J connectivity index is 2.24. The molecule has 2 nitrogen and oxygen atoms in total. The third-order valence-corrected chi connectivity index (χ3v) is 3.56. The van der Waals surface area contributed by atoms with E-state index in [2.05, 4.69) is 21.9 Å². The molecule has 94 valence electrons. The van der Waals surface area contributed by atoms with Gasteiger partial charge in [0.25, 0.3) is 0 Å². The van der Waals surface area contributed by atoms with E-state index in [0.29, 0.717) is 16.7 Å². The molecule has 1 unspecified atom stereocenters. The van der Waals surface area contributed by atoms with Crippen molar-refractivity contribution in [3.63, 3.8) is 0 Å². The third kappa shape index (κ3) is 2.44. The number of fused-ring (bicyclic) bond motifs is 1. The van der Waals surface area contributed by atoms with Gasteiger partial charge < -0.3 is 4.42 Å². The molecular weight excluding hydrogens is 275 g/mol. The number of hydrogen-bond donors (Lipinski definition) is 1. The topological polar surface area (TPSA) is 30.2 Å². The molecule has 0 bridgehead atoms. The number of rotatable bonds is 1. The Morgan fingerprint density at radius 2 is 1.74 bits per heavy atom. The lowest BCUT2D eigenvalue weighted by Crippen LogP contribution is -2.03. The van der Waals surface area contributed by atoms with Crippen LogP contribution < -0.4 is 10.7 Å². The molecule has 2 aromatic carbocycles. The fourth-order valence-corrected chi connectivity index (χ4v) is 2.35. The maximum absolute atomic E-state index is 12.1. The molecule has 3 aromatic rings. The van der Waals surface area contributed by atoms with Gasteiger partial charge in [-0.15, -0.1) is 21.9 Å². The highest BCUT2D eigenvalue weighted by Crippen LogP contribution is 2.23. The summed E-state index contributed by atoms with van der Waals surface area (Å²) in [5, 5.41) is 1.56. The Hall–Kier alpha value is -1.57. The summed E-state index contributed by atoms with van der Waals surface area (Å²) in [5.41, 5.74) is 1.44. The molecule has 1 aromatic heterocycles. The second kappa shape index (κ2) is 4.84. The summed E-state index contributed by atoms with van der Waals surface area (Å²) in [6.07, 6.45) is 0. The molecule has 1 atom stereocenters. The average molecular weight is 286 g/mol. The van der Waals surface area contributed by atoms with Crippen LogP contribution in [-0.4, -0.2) is 0 Å². The van der Waals surface area contributed by atoms with Crippen molar-refractivity contribution in [2.24, 2.45) is 0 Å². The van der Waals surface area contributed by atoms with Gasteiger partial charge in [-0.05, 0) is 29.6 Å². The minimum absolute atomic E-state index is 0.0319. The highest BCUT2D eigenvalue weighted by Gasteiger charge is 2.06. The van der Waals surface area contributed by atoms with Gasteiger partial charge in [-0.1, -0.05) is 18.2 Å². The van der Waals surface area contributed by atoms with Gasteiger partial charge >= 0.3 is 0 Å². The summed E-state index contributed by atoms with van der Waals surface area (Å²) in [7, 11) is 2.58. The van der Waals surface area contributed by atoms with Crippen LogP contribution in [0.25, 0.3) is 22.3 Å². The quantitative estimate of drug-likeness (QED) is 0.550. The van der Waals surface area contributed by atoms with Crippen LogP contribution in [0, 0.1) is 0 Å². The van der Waals surface area contributed by atoms with Crippen molar-refractivity contribution in [1.82, 2.24) is 0 Å². The van der Waals surface area contributed by atoms with Gasteiger partial charge in [-0.25, -0.2) is 0 Å². The first-order valence-corrected chi connectivity index (χ1v) is 6.79. The summed E-state index contributed by atoms with van der Waals surface area (Å²) in [6.45, 7) is 0. The monoisotopic (exact) mass is 286 g/mol. The maximum Gasteiger partial charge on any atom is 0.193 e. The molecule has 0 fully saturated rings. The van der Waals surface area contributed by atoms with Crippen molar-refractivity contribution >= 4 is 38.1 Å². The highest BCUT2D eigenvalue weighted by molar-refractivity contribution is 7.80. The van der Waals surface area contributed by atoms with E-state index in [4.69, 9.17) is 4.42 Å². The summed E-state index contributed by atoms with van der Waals surface area (Å²) < 4.78 is 5.79. The van der Waals surface area contributed by atoms with Crippen LogP contribution in [0.4, 0.5) is 0 Å². The third-order valence-electron chi connectivity index (χ3n) is 2.90. The van der Waals surface area contributed by atoms with Gasteiger partial charge in [0.2, 0.25) is 0 Å². The van der Waals surface area contributed by atoms with E-state index in [-0.39, 0.29) is 5.43 Å². The molecule has 0 aliphatic rings. The molecule has 0 aliphatic heterocycles. The zero-order valence-corrected chi connectivity index (χ0v) is 12.0. The summed E-state index contributed by atoms with van der Waals surface area (Å²) in [5.74, 6) is 0.572. The molecule has 19 heavy (non-hydrogen) atoms. The molecule has 0 aliphatic carbocycles. The lowest BCUT2D eigenvalue weighted by atomic mass is 10.1. The number of benzene rings is 2. The normalized spacial score (nSPS) is 10.8. The van der Waals surface area contributed by atoms with Crippen molar-refractivity contribution in [3.8, 4) is 11.3 Å². The van der Waals surface area contributed by atoms with Crippen LogP contribution in [0.1, 0.15) is 0 Å². The van der Waals surface area contributed by atoms with E-state index in [1.165, 1.54) is 6.07 Å². The molecule has 4 heteroatoms. The zero-order chi connectivity index (χ0) is 13.4. The van der Waals surface area contributed by atoms with Crippen LogP contribution in [0.2, 0.25) is 0 Å². The molecule has 1 heterocycles. The highest BCUT2D eigenvalue weighted by atomic mass is 32.1.